The fraction of sp³-hybridized carbons (Fsp3) is 0.222. The Morgan fingerprint density at radius 3 is 2.77 bits per heavy atom. The molecule has 0 fully saturated rings. The van der Waals surface area contributed by atoms with E-state index in [1.807, 2.05) is 0 Å². The van der Waals surface area contributed by atoms with Gasteiger partial charge in [0.15, 0.2) is 0 Å². The first-order chi connectivity index (χ1) is 6.15. The lowest BCUT2D eigenvalue weighted by Gasteiger charge is -2.08. The van der Waals surface area contributed by atoms with E-state index in [1.165, 1.54) is 0 Å². The van der Waals surface area contributed by atoms with E-state index >= 15 is 0 Å². The molecule has 0 unspecified atom stereocenters. The predicted molar refractivity (Wildman–Crippen MR) is 43.5 cm³/mol. The SMILES string of the molecule is N#CC[C@H](N)c1cc(F)ccc1F. The molecule has 1 rings (SSSR count). The maximum Gasteiger partial charge on any atom is 0.128 e. The number of hydrogen-bond donors (Lipinski definition) is 1. The second kappa shape index (κ2) is 3.97. The van der Waals surface area contributed by atoms with Gasteiger partial charge in [-0.3, -0.25) is 0 Å². The van der Waals surface area contributed by atoms with E-state index in [1.54, 1.807) is 6.07 Å². The lowest BCUT2D eigenvalue weighted by molar-refractivity contribution is 0.564. The zero-order chi connectivity index (χ0) is 9.84. The van der Waals surface area contributed by atoms with Crippen molar-refractivity contribution in [3.63, 3.8) is 0 Å². The van der Waals surface area contributed by atoms with Gasteiger partial charge in [0, 0.05) is 11.6 Å². The molecule has 0 amide bonds. The summed E-state index contributed by atoms with van der Waals surface area (Å²) >= 11 is 0. The number of nitrogens with two attached hydrogens (primary N) is 1. The molecule has 68 valence electrons. The van der Waals surface area contributed by atoms with E-state index in [9.17, 15) is 8.78 Å². The molecule has 0 saturated heterocycles. The van der Waals surface area contributed by atoms with Crippen LogP contribution < -0.4 is 5.73 Å². The highest BCUT2D eigenvalue weighted by molar-refractivity contribution is 5.22. The van der Waals surface area contributed by atoms with Gasteiger partial charge in [-0.1, -0.05) is 0 Å². The Morgan fingerprint density at radius 2 is 2.15 bits per heavy atom. The fourth-order valence-corrected chi connectivity index (χ4v) is 1.01. The molecule has 2 N–H and O–H groups in total. The summed E-state index contributed by atoms with van der Waals surface area (Å²) in [5.74, 6) is -1.13. The van der Waals surface area contributed by atoms with Gasteiger partial charge in [-0.15, -0.1) is 0 Å². The molecular weight excluding hydrogens is 174 g/mol. The first-order valence-corrected chi connectivity index (χ1v) is 3.72. The van der Waals surface area contributed by atoms with Crippen LogP contribution in [0.5, 0.6) is 0 Å². The number of nitriles is 1. The molecule has 0 aromatic heterocycles. The molecule has 2 nitrogen and oxygen atoms in total. The van der Waals surface area contributed by atoms with Crippen molar-refractivity contribution < 1.29 is 8.78 Å². The van der Waals surface area contributed by atoms with Crippen molar-refractivity contribution in [2.24, 2.45) is 5.73 Å². The molecule has 1 aromatic carbocycles. The summed E-state index contributed by atoms with van der Waals surface area (Å²) in [5.41, 5.74) is 5.49. The molecule has 13 heavy (non-hydrogen) atoms. The molecule has 1 atom stereocenters. The lowest BCUT2D eigenvalue weighted by Crippen LogP contribution is -2.11. The Balaban J connectivity index is 3.00. The summed E-state index contributed by atoms with van der Waals surface area (Å²) in [6.45, 7) is 0. The minimum absolute atomic E-state index is 0.0274. The fourth-order valence-electron chi connectivity index (χ4n) is 1.01. The number of benzene rings is 1. The molecule has 0 spiro atoms. The van der Waals surface area contributed by atoms with Gasteiger partial charge in [0.25, 0.3) is 0 Å². The van der Waals surface area contributed by atoms with Crippen LogP contribution in [0.25, 0.3) is 0 Å². The smallest absolute Gasteiger partial charge is 0.128 e. The van der Waals surface area contributed by atoms with Gasteiger partial charge in [0.2, 0.25) is 0 Å². The molecular formula is C9H8F2N2. The zero-order valence-corrected chi connectivity index (χ0v) is 6.80. The third-order valence-corrected chi connectivity index (χ3v) is 1.67. The van der Waals surface area contributed by atoms with E-state index < -0.39 is 17.7 Å². The zero-order valence-electron chi connectivity index (χ0n) is 6.80. The van der Waals surface area contributed by atoms with Crippen LogP contribution in [0.2, 0.25) is 0 Å². The van der Waals surface area contributed by atoms with Crippen LogP contribution >= 0.6 is 0 Å². The quantitative estimate of drug-likeness (QED) is 0.759. The Hall–Kier alpha value is -1.47. The average molecular weight is 182 g/mol. The Labute approximate surface area is 74.6 Å². The van der Waals surface area contributed by atoms with Gasteiger partial charge < -0.3 is 5.73 Å². The van der Waals surface area contributed by atoms with Crippen molar-refractivity contribution in [2.45, 2.75) is 12.5 Å². The van der Waals surface area contributed by atoms with E-state index in [0.29, 0.717) is 0 Å². The topological polar surface area (TPSA) is 49.8 Å². The summed E-state index contributed by atoms with van der Waals surface area (Å²) in [7, 11) is 0. The molecule has 0 radical (unpaired) electrons. The summed E-state index contributed by atoms with van der Waals surface area (Å²) in [6.07, 6.45) is -0.0274. The molecule has 0 aliphatic heterocycles. The Morgan fingerprint density at radius 1 is 1.46 bits per heavy atom. The van der Waals surface area contributed by atoms with Crippen LogP contribution in [0.4, 0.5) is 8.78 Å². The van der Waals surface area contributed by atoms with E-state index in [-0.39, 0.29) is 12.0 Å². The second-order valence-corrected chi connectivity index (χ2v) is 2.63. The number of nitrogens with zero attached hydrogens (tertiary/aromatic N) is 1. The number of hydrogen-bond acceptors (Lipinski definition) is 2. The van der Waals surface area contributed by atoms with Crippen LogP contribution in [0, 0.1) is 23.0 Å². The maximum atomic E-state index is 13.0. The molecule has 1 aromatic rings. The summed E-state index contributed by atoms with van der Waals surface area (Å²) in [5, 5.41) is 8.31. The van der Waals surface area contributed by atoms with Crippen LogP contribution in [-0.4, -0.2) is 0 Å². The molecule has 0 aliphatic rings. The normalized spacial score (nSPS) is 12.2. The highest BCUT2D eigenvalue weighted by atomic mass is 19.1. The van der Waals surface area contributed by atoms with Crippen molar-refractivity contribution in [2.75, 3.05) is 0 Å². The monoisotopic (exact) mass is 182 g/mol. The molecule has 4 heteroatoms. The minimum atomic E-state index is -0.763. The first kappa shape index (κ1) is 9.62. The number of halogens is 2. The molecule has 0 heterocycles. The summed E-state index contributed by atoms with van der Waals surface area (Å²) in [6, 6.07) is 4.06. The van der Waals surface area contributed by atoms with Gasteiger partial charge >= 0.3 is 0 Å². The molecule has 0 aliphatic carbocycles. The Bertz CT molecular complexity index is 344. The van der Waals surface area contributed by atoms with Crippen molar-refractivity contribution in [3.05, 3.63) is 35.4 Å². The van der Waals surface area contributed by atoms with E-state index in [2.05, 4.69) is 0 Å². The minimum Gasteiger partial charge on any atom is -0.323 e. The van der Waals surface area contributed by atoms with Crippen molar-refractivity contribution >= 4 is 0 Å². The molecule has 0 saturated carbocycles. The van der Waals surface area contributed by atoms with Crippen LogP contribution in [0.15, 0.2) is 18.2 Å². The summed E-state index contributed by atoms with van der Waals surface area (Å²) in [4.78, 5) is 0. The molecule has 0 bridgehead atoms. The van der Waals surface area contributed by atoms with Crippen molar-refractivity contribution in [1.29, 1.82) is 5.26 Å². The van der Waals surface area contributed by atoms with Crippen molar-refractivity contribution in [3.8, 4) is 6.07 Å². The third-order valence-electron chi connectivity index (χ3n) is 1.67. The maximum absolute atomic E-state index is 13.0. The van der Waals surface area contributed by atoms with Gasteiger partial charge in [0.05, 0.1) is 12.5 Å². The summed E-state index contributed by atoms with van der Waals surface area (Å²) < 4.78 is 25.6. The van der Waals surface area contributed by atoms with Gasteiger partial charge in [0.1, 0.15) is 11.6 Å². The standard InChI is InChI=1S/C9H8F2N2/c10-6-1-2-8(11)7(5-6)9(13)3-4-12/h1-2,5,9H,3,13H2/t9-/m0/s1. The van der Waals surface area contributed by atoms with Gasteiger partial charge in [-0.05, 0) is 18.2 Å². The van der Waals surface area contributed by atoms with E-state index in [4.69, 9.17) is 11.0 Å². The largest absolute Gasteiger partial charge is 0.323 e. The predicted octanol–water partition coefficient (Wildman–Crippen LogP) is 1.88. The van der Waals surface area contributed by atoms with E-state index in [0.717, 1.165) is 18.2 Å². The lowest BCUT2D eigenvalue weighted by atomic mass is 10.0. The van der Waals surface area contributed by atoms with Gasteiger partial charge in [-0.2, -0.15) is 5.26 Å². The number of rotatable bonds is 2. The first-order valence-electron chi connectivity index (χ1n) is 3.72. The van der Waals surface area contributed by atoms with Gasteiger partial charge in [-0.25, -0.2) is 8.78 Å². The average Bonchev–Trinajstić information content (AvgIpc) is 2.09. The Kier molecular flexibility index (Phi) is 2.93. The van der Waals surface area contributed by atoms with Crippen LogP contribution in [-0.2, 0) is 0 Å². The van der Waals surface area contributed by atoms with Crippen molar-refractivity contribution in [1.82, 2.24) is 0 Å². The third kappa shape index (κ3) is 2.23. The second-order valence-electron chi connectivity index (χ2n) is 2.63. The van der Waals surface area contributed by atoms with Crippen LogP contribution in [0.3, 0.4) is 0 Å². The highest BCUT2D eigenvalue weighted by Crippen LogP contribution is 2.18. The highest BCUT2D eigenvalue weighted by Gasteiger charge is 2.11. The van der Waals surface area contributed by atoms with Crippen LogP contribution in [0.1, 0.15) is 18.0 Å².